The summed E-state index contributed by atoms with van der Waals surface area (Å²) in [6.07, 6.45) is 0. The average Bonchev–Trinajstić information content (AvgIpc) is 2.16. The lowest BCUT2D eigenvalue weighted by molar-refractivity contribution is 0.101. The fraction of sp³-hybridized carbons (Fsp3) is 0.0909. The van der Waals surface area contributed by atoms with Crippen molar-refractivity contribution in [3.63, 3.8) is 0 Å². The third-order valence-electron chi connectivity index (χ3n) is 1.61. The first-order valence-corrected chi connectivity index (χ1v) is 4.23. The van der Waals surface area contributed by atoms with Crippen LogP contribution in [0, 0.1) is 23.2 Å². The largest absolute Gasteiger partial charge is 0.294 e. The van der Waals surface area contributed by atoms with Crippen molar-refractivity contribution in [3.8, 4) is 17.9 Å². The van der Waals surface area contributed by atoms with Crippen LogP contribution in [0.15, 0.2) is 18.2 Å². The fourth-order valence-corrected chi connectivity index (χ4v) is 1.22. The van der Waals surface area contributed by atoms with Crippen LogP contribution in [0.4, 0.5) is 0 Å². The molecule has 0 aliphatic heterocycles. The second kappa shape index (κ2) is 4.46. The Balaban J connectivity index is 3.21. The van der Waals surface area contributed by atoms with E-state index in [-0.39, 0.29) is 5.78 Å². The number of hydrogen-bond acceptors (Lipinski definition) is 2. The molecule has 0 aromatic heterocycles. The lowest BCUT2D eigenvalue weighted by Crippen LogP contribution is -1.93. The Hall–Kier alpha value is -1.77. The number of hydrogen-bond donors (Lipinski definition) is 0. The molecule has 0 amide bonds. The molecule has 0 unspecified atom stereocenters. The topological polar surface area (TPSA) is 40.9 Å². The number of nitrogens with zero attached hydrogens (tertiary/aromatic N) is 1. The maximum Gasteiger partial charge on any atom is 0.161 e. The molecule has 0 spiro atoms. The zero-order chi connectivity index (χ0) is 10.6. The lowest BCUT2D eigenvalue weighted by Gasteiger charge is -1.99. The van der Waals surface area contributed by atoms with Crippen LogP contribution in [-0.2, 0) is 0 Å². The molecule has 2 nitrogen and oxygen atoms in total. The highest BCUT2D eigenvalue weighted by atomic mass is 35.5. The van der Waals surface area contributed by atoms with Crippen LogP contribution >= 0.6 is 11.6 Å². The Morgan fingerprint density at radius 2 is 2.21 bits per heavy atom. The first-order valence-electron chi connectivity index (χ1n) is 3.85. The van der Waals surface area contributed by atoms with E-state index >= 15 is 0 Å². The van der Waals surface area contributed by atoms with Gasteiger partial charge in [-0.05, 0) is 25.1 Å². The molecule has 1 aromatic carbocycles. The van der Waals surface area contributed by atoms with Gasteiger partial charge in [-0.25, -0.2) is 0 Å². The Kier molecular flexibility index (Phi) is 3.29. The van der Waals surface area contributed by atoms with E-state index < -0.39 is 0 Å². The van der Waals surface area contributed by atoms with Gasteiger partial charge in [0.25, 0.3) is 0 Å². The van der Waals surface area contributed by atoms with Crippen LogP contribution in [0.5, 0.6) is 0 Å². The molecule has 0 N–H and O–H groups in total. The molecule has 0 aliphatic carbocycles. The van der Waals surface area contributed by atoms with E-state index in [0.717, 1.165) is 0 Å². The number of rotatable bonds is 1. The summed E-state index contributed by atoms with van der Waals surface area (Å²) < 4.78 is 0. The molecule has 3 heteroatoms. The van der Waals surface area contributed by atoms with Crippen molar-refractivity contribution in [1.29, 1.82) is 5.26 Å². The third-order valence-corrected chi connectivity index (χ3v) is 1.94. The molecule has 0 fully saturated rings. The molecule has 0 atom stereocenters. The van der Waals surface area contributed by atoms with Gasteiger partial charge in [0.05, 0.1) is 5.02 Å². The summed E-state index contributed by atoms with van der Waals surface area (Å²) in [6, 6.07) is 6.54. The van der Waals surface area contributed by atoms with Crippen molar-refractivity contribution in [2.45, 2.75) is 6.92 Å². The highest BCUT2D eigenvalue weighted by molar-refractivity contribution is 6.33. The van der Waals surface area contributed by atoms with Gasteiger partial charge in [0, 0.05) is 17.0 Å². The highest BCUT2D eigenvalue weighted by Crippen LogP contribution is 2.17. The molecule has 0 heterocycles. The van der Waals surface area contributed by atoms with Gasteiger partial charge in [-0.3, -0.25) is 4.79 Å². The average molecular weight is 204 g/mol. The van der Waals surface area contributed by atoms with Crippen LogP contribution < -0.4 is 0 Å². The van der Waals surface area contributed by atoms with Gasteiger partial charge in [0.2, 0.25) is 0 Å². The van der Waals surface area contributed by atoms with Gasteiger partial charge >= 0.3 is 0 Å². The number of benzene rings is 1. The minimum absolute atomic E-state index is 0.115. The summed E-state index contributed by atoms with van der Waals surface area (Å²) >= 11 is 5.79. The molecule has 0 saturated carbocycles. The summed E-state index contributed by atoms with van der Waals surface area (Å²) in [5, 5.41) is 8.65. The van der Waals surface area contributed by atoms with Crippen molar-refractivity contribution < 1.29 is 4.79 Å². The first kappa shape index (κ1) is 10.3. The maximum absolute atomic E-state index is 11.1. The van der Waals surface area contributed by atoms with Crippen LogP contribution in [0.3, 0.4) is 0 Å². The number of nitriles is 1. The van der Waals surface area contributed by atoms with Gasteiger partial charge in [-0.15, -0.1) is 0 Å². The van der Waals surface area contributed by atoms with E-state index in [1.165, 1.54) is 6.92 Å². The zero-order valence-corrected chi connectivity index (χ0v) is 8.22. The predicted octanol–water partition coefficient (Wildman–Crippen LogP) is 2.42. The molecule has 0 saturated heterocycles. The van der Waals surface area contributed by atoms with Crippen LogP contribution in [0.25, 0.3) is 0 Å². The molecule has 14 heavy (non-hydrogen) atoms. The number of halogens is 1. The molecule has 68 valence electrons. The number of carbonyl (C=O) groups excluding carboxylic acids is 1. The number of ketones is 1. The van der Waals surface area contributed by atoms with Crippen molar-refractivity contribution in [2.24, 2.45) is 0 Å². The Morgan fingerprint density at radius 1 is 1.50 bits per heavy atom. The van der Waals surface area contributed by atoms with Crippen LogP contribution in [0.1, 0.15) is 22.8 Å². The number of Topliss-reactive ketones (excluding diaryl/α,β-unsaturated/α-hetero) is 1. The molecule has 1 rings (SSSR count). The summed E-state index contributed by atoms with van der Waals surface area (Å²) in [5.74, 6) is 4.73. The van der Waals surface area contributed by atoms with E-state index in [2.05, 4.69) is 11.8 Å². The Morgan fingerprint density at radius 3 is 2.79 bits per heavy atom. The molecule has 0 bridgehead atoms. The van der Waals surface area contributed by atoms with Gasteiger partial charge in [0.15, 0.2) is 11.9 Å². The summed E-state index contributed by atoms with van der Waals surface area (Å²) in [4.78, 5) is 11.1. The van der Waals surface area contributed by atoms with Crippen LogP contribution in [0.2, 0.25) is 5.02 Å². The summed E-state index contributed by atoms with van der Waals surface area (Å²) in [6.45, 7) is 1.43. The Labute approximate surface area is 87.1 Å². The molecule has 0 aliphatic rings. The Bertz CT molecular complexity index is 474. The van der Waals surface area contributed by atoms with Gasteiger partial charge in [-0.1, -0.05) is 17.5 Å². The first-order chi connectivity index (χ1) is 6.65. The van der Waals surface area contributed by atoms with Crippen molar-refractivity contribution in [2.75, 3.05) is 0 Å². The quantitative estimate of drug-likeness (QED) is 0.520. The zero-order valence-electron chi connectivity index (χ0n) is 7.47. The fourth-order valence-electron chi connectivity index (χ4n) is 0.973. The van der Waals surface area contributed by atoms with Crippen molar-refractivity contribution in [1.82, 2.24) is 0 Å². The monoisotopic (exact) mass is 203 g/mol. The van der Waals surface area contributed by atoms with Gasteiger partial charge in [0.1, 0.15) is 0 Å². The molecule has 0 radical (unpaired) electrons. The van der Waals surface area contributed by atoms with Gasteiger partial charge in [-0.2, -0.15) is 5.26 Å². The van der Waals surface area contributed by atoms with E-state index in [9.17, 15) is 4.79 Å². The number of carbonyl (C=O) groups is 1. The second-order valence-corrected chi connectivity index (χ2v) is 3.02. The maximum atomic E-state index is 11.1. The smallest absolute Gasteiger partial charge is 0.161 e. The van der Waals surface area contributed by atoms with Crippen molar-refractivity contribution >= 4 is 17.4 Å². The van der Waals surface area contributed by atoms with E-state index in [4.69, 9.17) is 16.9 Å². The molecule has 1 aromatic rings. The highest BCUT2D eigenvalue weighted by Gasteiger charge is 2.05. The third kappa shape index (κ3) is 2.36. The van der Waals surface area contributed by atoms with E-state index in [1.54, 1.807) is 24.3 Å². The normalized spacial score (nSPS) is 8.36. The molecular weight excluding hydrogens is 198 g/mol. The van der Waals surface area contributed by atoms with E-state index in [0.29, 0.717) is 16.1 Å². The predicted molar refractivity (Wildman–Crippen MR) is 53.9 cm³/mol. The van der Waals surface area contributed by atoms with Crippen molar-refractivity contribution in [3.05, 3.63) is 34.3 Å². The summed E-state index contributed by atoms with van der Waals surface area (Å²) in [5.41, 5.74) is 1.04. The standard InChI is InChI=1S/C11H6ClNO/c1-8(14)10-7-9(3-2-6-13)4-5-11(10)12/h4-5,7H,1H3. The minimum Gasteiger partial charge on any atom is -0.294 e. The molecular formula is C11H6ClNO. The van der Waals surface area contributed by atoms with E-state index in [1.807, 2.05) is 0 Å². The van der Waals surface area contributed by atoms with Gasteiger partial charge < -0.3 is 0 Å². The summed E-state index contributed by atoms with van der Waals surface area (Å²) in [7, 11) is 0. The second-order valence-electron chi connectivity index (χ2n) is 2.61. The van der Waals surface area contributed by atoms with Crippen LogP contribution in [-0.4, -0.2) is 5.78 Å². The minimum atomic E-state index is -0.115. The lowest BCUT2D eigenvalue weighted by atomic mass is 10.1. The SMILES string of the molecule is CC(=O)c1cc(C#CC#N)ccc1Cl.